The zero-order valence-electron chi connectivity index (χ0n) is 10.9. The summed E-state index contributed by atoms with van der Waals surface area (Å²) in [6.07, 6.45) is -2.49. The molecule has 19 heavy (non-hydrogen) atoms. The maximum Gasteiger partial charge on any atom is 0.310 e. The molecule has 3 nitrogen and oxygen atoms in total. The molecule has 0 aliphatic rings. The van der Waals surface area contributed by atoms with Crippen LogP contribution in [0.15, 0.2) is 12.1 Å². The van der Waals surface area contributed by atoms with Gasteiger partial charge in [0, 0.05) is 5.56 Å². The molecule has 0 spiro atoms. The smallest absolute Gasteiger partial charge is 0.310 e. The summed E-state index contributed by atoms with van der Waals surface area (Å²) < 4.78 is 30.9. The van der Waals surface area contributed by atoms with Gasteiger partial charge in [-0.05, 0) is 24.5 Å². The quantitative estimate of drug-likeness (QED) is 0.770. The number of esters is 1. The van der Waals surface area contributed by atoms with Crippen LogP contribution in [0, 0.1) is 11.3 Å². The van der Waals surface area contributed by atoms with Crippen LogP contribution in [0.2, 0.25) is 0 Å². The Morgan fingerprint density at radius 1 is 1.37 bits per heavy atom. The first-order valence-corrected chi connectivity index (χ1v) is 6.03. The van der Waals surface area contributed by atoms with Crippen molar-refractivity contribution >= 4 is 5.97 Å². The highest BCUT2D eigenvalue weighted by Crippen LogP contribution is 2.29. The molecule has 0 aliphatic carbocycles. The Labute approximate surface area is 110 Å². The summed E-state index contributed by atoms with van der Waals surface area (Å²) in [5.74, 6) is -0.525. The highest BCUT2D eigenvalue weighted by Gasteiger charge is 2.21. The summed E-state index contributed by atoms with van der Waals surface area (Å²) in [5.41, 5.74) is 0.335. The number of hydrogen-bond acceptors (Lipinski definition) is 3. The topological polar surface area (TPSA) is 50.1 Å². The van der Waals surface area contributed by atoms with Gasteiger partial charge in [-0.2, -0.15) is 5.26 Å². The van der Waals surface area contributed by atoms with Crippen LogP contribution in [-0.2, 0) is 22.4 Å². The van der Waals surface area contributed by atoms with Gasteiger partial charge in [-0.15, -0.1) is 0 Å². The molecule has 5 heteroatoms. The minimum Gasteiger partial charge on any atom is -0.466 e. The van der Waals surface area contributed by atoms with E-state index in [-0.39, 0.29) is 29.7 Å². The molecular weight excluding hydrogens is 252 g/mol. The van der Waals surface area contributed by atoms with Crippen molar-refractivity contribution in [3.05, 3.63) is 34.4 Å². The Morgan fingerprint density at radius 2 is 2.00 bits per heavy atom. The molecule has 0 atom stereocenters. The molecule has 0 fully saturated rings. The maximum absolute atomic E-state index is 13.1. The molecule has 0 saturated heterocycles. The highest BCUT2D eigenvalue weighted by atomic mass is 19.3. The lowest BCUT2D eigenvalue weighted by Crippen LogP contribution is -2.11. The molecule has 0 saturated carbocycles. The number of hydrogen-bond donors (Lipinski definition) is 0. The van der Waals surface area contributed by atoms with Crippen LogP contribution in [0.3, 0.4) is 0 Å². The third-order valence-corrected chi connectivity index (χ3v) is 2.77. The van der Waals surface area contributed by atoms with Gasteiger partial charge in [0.25, 0.3) is 6.43 Å². The van der Waals surface area contributed by atoms with Crippen molar-refractivity contribution in [2.45, 2.75) is 33.1 Å². The van der Waals surface area contributed by atoms with E-state index in [9.17, 15) is 13.6 Å². The molecule has 0 bridgehead atoms. The lowest BCUT2D eigenvalue weighted by atomic mass is 9.94. The minimum absolute atomic E-state index is 0.109. The second kappa shape index (κ2) is 6.83. The van der Waals surface area contributed by atoms with Crippen molar-refractivity contribution in [1.82, 2.24) is 0 Å². The Morgan fingerprint density at radius 3 is 2.47 bits per heavy atom. The summed E-state index contributed by atoms with van der Waals surface area (Å²) >= 11 is 0. The Hall–Kier alpha value is -1.96. The lowest BCUT2D eigenvalue weighted by molar-refractivity contribution is -0.142. The van der Waals surface area contributed by atoms with Gasteiger partial charge in [0.1, 0.15) is 0 Å². The molecule has 0 radical (unpaired) electrons. The van der Waals surface area contributed by atoms with E-state index in [1.54, 1.807) is 26.0 Å². The number of nitriles is 1. The van der Waals surface area contributed by atoms with Crippen molar-refractivity contribution in [3.8, 4) is 6.07 Å². The number of rotatable bonds is 5. The van der Waals surface area contributed by atoms with Crippen LogP contribution in [-0.4, -0.2) is 12.6 Å². The van der Waals surface area contributed by atoms with Crippen LogP contribution < -0.4 is 0 Å². The Bertz CT molecular complexity index is 507. The number of nitrogens with zero attached hydrogens (tertiary/aromatic N) is 1. The third kappa shape index (κ3) is 3.50. The Kier molecular flexibility index (Phi) is 5.43. The van der Waals surface area contributed by atoms with Crippen LogP contribution in [0.1, 0.15) is 42.5 Å². The van der Waals surface area contributed by atoms with E-state index in [0.717, 1.165) is 0 Å². The molecular formula is C14H15F2NO2. The first-order chi connectivity index (χ1) is 9.04. The van der Waals surface area contributed by atoms with Crippen molar-refractivity contribution in [2.24, 2.45) is 0 Å². The van der Waals surface area contributed by atoms with Crippen LogP contribution in [0.4, 0.5) is 8.78 Å². The number of alkyl halides is 2. The minimum atomic E-state index is -2.73. The molecule has 0 amide bonds. The molecule has 0 unspecified atom stereocenters. The summed E-state index contributed by atoms with van der Waals surface area (Å²) in [6.45, 7) is 3.62. The molecule has 0 aliphatic heterocycles. The lowest BCUT2D eigenvalue weighted by Gasteiger charge is -2.13. The maximum atomic E-state index is 13.1. The number of aryl methyl sites for hydroxylation is 1. The molecule has 1 rings (SSSR count). The van der Waals surface area contributed by atoms with Crippen LogP contribution >= 0.6 is 0 Å². The van der Waals surface area contributed by atoms with Gasteiger partial charge >= 0.3 is 5.97 Å². The molecule has 1 aromatic carbocycles. The number of ether oxygens (including phenoxy) is 1. The van der Waals surface area contributed by atoms with Crippen molar-refractivity contribution in [3.63, 3.8) is 0 Å². The number of halogens is 2. The fraction of sp³-hybridized carbons (Fsp3) is 0.429. The normalized spacial score (nSPS) is 10.3. The van der Waals surface area contributed by atoms with Gasteiger partial charge in [-0.1, -0.05) is 19.1 Å². The van der Waals surface area contributed by atoms with Crippen molar-refractivity contribution < 1.29 is 18.3 Å². The van der Waals surface area contributed by atoms with Crippen LogP contribution in [0.25, 0.3) is 0 Å². The third-order valence-electron chi connectivity index (χ3n) is 2.77. The summed E-state index contributed by atoms with van der Waals surface area (Å²) in [5, 5.41) is 9.08. The first kappa shape index (κ1) is 15.1. The van der Waals surface area contributed by atoms with E-state index >= 15 is 0 Å². The Balaban J connectivity index is 3.24. The average molecular weight is 267 g/mol. The predicted octanol–water partition coefficient (Wildman–Crippen LogP) is 3.16. The van der Waals surface area contributed by atoms with Gasteiger partial charge in [0.05, 0.1) is 24.7 Å². The van der Waals surface area contributed by atoms with Crippen LogP contribution in [0.5, 0.6) is 0 Å². The number of carbonyl (C=O) groups is 1. The summed E-state index contributed by atoms with van der Waals surface area (Å²) in [4.78, 5) is 11.4. The van der Waals surface area contributed by atoms with E-state index < -0.39 is 12.4 Å². The standard InChI is InChI=1S/C14H15F2NO2/c1-3-9-5-6-10(7-12(18)19-4-2)11(8-17)13(9)14(15)16/h5-6,14H,3-4,7H2,1-2H3. The second-order valence-electron chi connectivity index (χ2n) is 3.92. The van der Waals surface area contributed by atoms with E-state index in [4.69, 9.17) is 10.00 Å². The molecule has 0 aromatic heterocycles. The zero-order chi connectivity index (χ0) is 14.4. The number of benzene rings is 1. The highest BCUT2D eigenvalue weighted by molar-refractivity contribution is 5.74. The second-order valence-corrected chi connectivity index (χ2v) is 3.92. The fourth-order valence-electron chi connectivity index (χ4n) is 1.91. The molecule has 102 valence electrons. The molecule has 0 N–H and O–H groups in total. The molecule has 1 aromatic rings. The SMILES string of the molecule is CCOC(=O)Cc1ccc(CC)c(C(F)F)c1C#N. The largest absolute Gasteiger partial charge is 0.466 e. The van der Waals surface area contributed by atoms with Gasteiger partial charge in [0.15, 0.2) is 0 Å². The van der Waals surface area contributed by atoms with E-state index in [0.29, 0.717) is 12.0 Å². The fourth-order valence-corrected chi connectivity index (χ4v) is 1.91. The van der Waals surface area contributed by atoms with E-state index in [1.165, 1.54) is 6.07 Å². The molecule has 0 heterocycles. The van der Waals surface area contributed by atoms with Crippen molar-refractivity contribution in [1.29, 1.82) is 5.26 Å². The van der Waals surface area contributed by atoms with E-state index in [1.807, 2.05) is 0 Å². The summed E-state index contributed by atoms with van der Waals surface area (Å²) in [7, 11) is 0. The van der Waals surface area contributed by atoms with Gasteiger partial charge in [-0.25, -0.2) is 8.78 Å². The van der Waals surface area contributed by atoms with Gasteiger partial charge in [0.2, 0.25) is 0 Å². The monoisotopic (exact) mass is 267 g/mol. The van der Waals surface area contributed by atoms with Gasteiger partial charge < -0.3 is 4.74 Å². The first-order valence-electron chi connectivity index (χ1n) is 6.03. The van der Waals surface area contributed by atoms with E-state index in [2.05, 4.69) is 0 Å². The predicted molar refractivity (Wildman–Crippen MR) is 65.8 cm³/mol. The average Bonchev–Trinajstić information content (AvgIpc) is 2.38. The van der Waals surface area contributed by atoms with Crippen molar-refractivity contribution in [2.75, 3.05) is 6.61 Å². The van der Waals surface area contributed by atoms with Gasteiger partial charge in [-0.3, -0.25) is 4.79 Å². The summed E-state index contributed by atoms with van der Waals surface area (Å²) in [6, 6.07) is 4.86. The number of carbonyl (C=O) groups excluding carboxylic acids is 1. The zero-order valence-corrected chi connectivity index (χ0v) is 10.9.